The van der Waals surface area contributed by atoms with E-state index >= 15 is 0 Å². The van der Waals surface area contributed by atoms with E-state index in [4.69, 9.17) is 18.0 Å². The standard InChI is InChI=1S/C18H21N3S/c1-3-21(4-2)15-6-8-17-13(11-15)9-12-10-14(20-18(19)22)5-7-16(12)17/h5-8,10-11H,3-4,9H2,1-2H3,(H3,19,20,22). The molecule has 0 saturated heterocycles. The molecule has 0 amide bonds. The second-order valence-electron chi connectivity index (χ2n) is 5.55. The van der Waals surface area contributed by atoms with Crippen molar-refractivity contribution in [3.05, 3.63) is 47.5 Å². The number of nitrogens with zero attached hydrogens (tertiary/aromatic N) is 1. The molecule has 4 heteroatoms. The van der Waals surface area contributed by atoms with Gasteiger partial charge >= 0.3 is 0 Å². The monoisotopic (exact) mass is 311 g/mol. The van der Waals surface area contributed by atoms with Gasteiger partial charge in [-0.05, 0) is 79.0 Å². The Morgan fingerprint density at radius 3 is 2.36 bits per heavy atom. The summed E-state index contributed by atoms with van der Waals surface area (Å²) in [5.74, 6) is 0. The van der Waals surface area contributed by atoms with Crippen molar-refractivity contribution in [1.82, 2.24) is 0 Å². The Balaban J connectivity index is 1.94. The summed E-state index contributed by atoms with van der Waals surface area (Å²) >= 11 is 4.91. The summed E-state index contributed by atoms with van der Waals surface area (Å²) in [6.45, 7) is 6.45. The number of nitrogens with two attached hydrogens (primary N) is 1. The van der Waals surface area contributed by atoms with Gasteiger partial charge in [0.05, 0.1) is 0 Å². The first-order valence-corrected chi connectivity index (χ1v) is 8.10. The van der Waals surface area contributed by atoms with Gasteiger partial charge in [-0.1, -0.05) is 12.1 Å². The van der Waals surface area contributed by atoms with E-state index in [-0.39, 0.29) is 0 Å². The minimum absolute atomic E-state index is 0.305. The molecule has 22 heavy (non-hydrogen) atoms. The minimum atomic E-state index is 0.305. The molecular formula is C18H21N3S. The van der Waals surface area contributed by atoms with E-state index in [1.54, 1.807) is 0 Å². The van der Waals surface area contributed by atoms with Crippen molar-refractivity contribution < 1.29 is 0 Å². The molecule has 0 bridgehead atoms. The van der Waals surface area contributed by atoms with Crippen molar-refractivity contribution in [2.24, 2.45) is 5.73 Å². The van der Waals surface area contributed by atoms with Gasteiger partial charge < -0.3 is 16.0 Å². The molecule has 1 aliphatic rings. The summed E-state index contributed by atoms with van der Waals surface area (Å²) in [5, 5.41) is 3.32. The average molecular weight is 311 g/mol. The summed E-state index contributed by atoms with van der Waals surface area (Å²) in [6, 6.07) is 13.1. The molecule has 0 unspecified atom stereocenters. The maximum absolute atomic E-state index is 5.55. The normalized spacial score (nSPS) is 11.7. The van der Waals surface area contributed by atoms with Crippen molar-refractivity contribution in [3.8, 4) is 11.1 Å². The maximum atomic E-state index is 5.55. The number of anilines is 2. The summed E-state index contributed by atoms with van der Waals surface area (Å²) in [6.07, 6.45) is 0.965. The van der Waals surface area contributed by atoms with E-state index in [1.165, 1.54) is 27.9 Å². The average Bonchev–Trinajstić information content (AvgIpc) is 2.84. The lowest BCUT2D eigenvalue weighted by Gasteiger charge is -2.21. The van der Waals surface area contributed by atoms with Crippen LogP contribution >= 0.6 is 12.2 Å². The number of rotatable bonds is 4. The van der Waals surface area contributed by atoms with E-state index < -0.39 is 0 Å². The predicted molar refractivity (Wildman–Crippen MR) is 98.7 cm³/mol. The fraction of sp³-hybridized carbons (Fsp3) is 0.278. The van der Waals surface area contributed by atoms with Gasteiger partial charge in [-0.15, -0.1) is 0 Å². The highest BCUT2D eigenvalue weighted by Crippen LogP contribution is 2.39. The van der Waals surface area contributed by atoms with Gasteiger partial charge in [0.2, 0.25) is 0 Å². The van der Waals surface area contributed by atoms with Gasteiger partial charge in [0.25, 0.3) is 0 Å². The first kappa shape index (κ1) is 14.9. The van der Waals surface area contributed by atoms with E-state index in [1.807, 2.05) is 6.07 Å². The molecule has 3 N–H and O–H groups in total. The lowest BCUT2D eigenvalue weighted by Crippen LogP contribution is -2.21. The van der Waals surface area contributed by atoms with E-state index in [2.05, 4.69) is 54.4 Å². The molecular weight excluding hydrogens is 290 g/mol. The van der Waals surface area contributed by atoms with Crippen LogP contribution in [0.3, 0.4) is 0 Å². The zero-order valence-corrected chi connectivity index (χ0v) is 13.8. The van der Waals surface area contributed by atoms with Gasteiger partial charge in [-0.25, -0.2) is 0 Å². The Bertz CT molecular complexity index is 720. The number of benzene rings is 2. The highest BCUT2D eigenvalue weighted by Gasteiger charge is 2.19. The smallest absolute Gasteiger partial charge is 0.168 e. The molecule has 0 fully saturated rings. The molecule has 3 nitrogen and oxygen atoms in total. The molecule has 0 saturated carbocycles. The molecule has 2 aromatic rings. The molecule has 0 radical (unpaired) electrons. The van der Waals surface area contributed by atoms with Crippen LogP contribution in [0.15, 0.2) is 36.4 Å². The third-order valence-corrected chi connectivity index (χ3v) is 4.36. The first-order chi connectivity index (χ1) is 10.6. The molecule has 114 valence electrons. The number of hydrogen-bond donors (Lipinski definition) is 2. The van der Waals surface area contributed by atoms with Crippen LogP contribution in [0, 0.1) is 0 Å². The summed E-state index contributed by atoms with van der Waals surface area (Å²) < 4.78 is 0. The van der Waals surface area contributed by atoms with Gasteiger partial charge in [0.15, 0.2) is 5.11 Å². The quantitative estimate of drug-likeness (QED) is 0.720. The largest absolute Gasteiger partial charge is 0.376 e. The first-order valence-electron chi connectivity index (χ1n) is 7.70. The van der Waals surface area contributed by atoms with E-state index in [0.717, 1.165) is 25.2 Å². The van der Waals surface area contributed by atoms with E-state index in [9.17, 15) is 0 Å². The van der Waals surface area contributed by atoms with Crippen LogP contribution in [0.4, 0.5) is 11.4 Å². The van der Waals surface area contributed by atoms with Crippen LogP contribution in [0.1, 0.15) is 25.0 Å². The van der Waals surface area contributed by atoms with Crippen molar-refractivity contribution in [1.29, 1.82) is 0 Å². The van der Waals surface area contributed by atoms with E-state index in [0.29, 0.717) is 5.11 Å². The zero-order chi connectivity index (χ0) is 15.7. The molecule has 1 aliphatic carbocycles. The van der Waals surface area contributed by atoms with Crippen molar-refractivity contribution in [3.63, 3.8) is 0 Å². The summed E-state index contributed by atoms with van der Waals surface area (Å²) in [7, 11) is 0. The minimum Gasteiger partial charge on any atom is -0.376 e. The lowest BCUT2D eigenvalue weighted by molar-refractivity contribution is 0.865. The Hall–Kier alpha value is -2.07. The highest BCUT2D eigenvalue weighted by molar-refractivity contribution is 7.80. The van der Waals surface area contributed by atoms with Crippen LogP contribution in [0.5, 0.6) is 0 Å². The molecule has 0 atom stereocenters. The lowest BCUT2D eigenvalue weighted by atomic mass is 10.0. The Morgan fingerprint density at radius 1 is 1.09 bits per heavy atom. The Morgan fingerprint density at radius 2 is 1.73 bits per heavy atom. The van der Waals surface area contributed by atoms with Crippen LogP contribution < -0.4 is 16.0 Å². The molecule has 3 rings (SSSR count). The van der Waals surface area contributed by atoms with Crippen LogP contribution in [0.25, 0.3) is 11.1 Å². The topological polar surface area (TPSA) is 41.3 Å². The van der Waals surface area contributed by atoms with Crippen LogP contribution in [-0.4, -0.2) is 18.2 Å². The Kier molecular flexibility index (Phi) is 4.03. The SMILES string of the molecule is CCN(CC)c1ccc2c(c1)Cc1cc(NC(N)=S)ccc1-2. The number of thiocarbonyl (C=S) groups is 1. The summed E-state index contributed by atoms with van der Waals surface area (Å²) in [5.41, 5.74) is 13.2. The van der Waals surface area contributed by atoms with Crippen LogP contribution in [0.2, 0.25) is 0 Å². The van der Waals surface area contributed by atoms with Gasteiger partial charge in [0, 0.05) is 24.5 Å². The van der Waals surface area contributed by atoms with Crippen LogP contribution in [-0.2, 0) is 6.42 Å². The summed E-state index contributed by atoms with van der Waals surface area (Å²) in [4.78, 5) is 2.38. The highest BCUT2D eigenvalue weighted by atomic mass is 32.1. The number of hydrogen-bond acceptors (Lipinski definition) is 2. The second-order valence-corrected chi connectivity index (χ2v) is 5.99. The van der Waals surface area contributed by atoms with Crippen molar-refractivity contribution in [2.45, 2.75) is 20.3 Å². The predicted octanol–water partition coefficient (Wildman–Crippen LogP) is 3.76. The van der Waals surface area contributed by atoms with Gasteiger partial charge in [-0.3, -0.25) is 0 Å². The number of nitrogens with one attached hydrogen (secondary N) is 1. The molecule has 0 aliphatic heterocycles. The fourth-order valence-corrected chi connectivity index (χ4v) is 3.32. The third kappa shape index (κ3) is 2.66. The zero-order valence-electron chi connectivity index (χ0n) is 13.0. The number of fused-ring (bicyclic) bond motifs is 3. The molecule has 0 aromatic heterocycles. The maximum Gasteiger partial charge on any atom is 0.168 e. The third-order valence-electron chi connectivity index (χ3n) is 4.26. The molecule has 2 aromatic carbocycles. The second kappa shape index (κ2) is 5.97. The fourth-order valence-electron chi connectivity index (χ4n) is 3.20. The van der Waals surface area contributed by atoms with Gasteiger partial charge in [0.1, 0.15) is 0 Å². The van der Waals surface area contributed by atoms with Crippen molar-refractivity contribution >= 4 is 28.7 Å². The molecule has 0 heterocycles. The van der Waals surface area contributed by atoms with Crippen molar-refractivity contribution in [2.75, 3.05) is 23.3 Å². The van der Waals surface area contributed by atoms with Gasteiger partial charge in [-0.2, -0.15) is 0 Å². The Labute approximate surface area is 137 Å². The molecule has 0 spiro atoms.